The Morgan fingerprint density at radius 3 is 3.21 bits per heavy atom. The summed E-state index contributed by atoms with van der Waals surface area (Å²) in [4.78, 5) is 22.9. The van der Waals surface area contributed by atoms with Gasteiger partial charge in [-0.15, -0.1) is 11.8 Å². The average molecular weight is 214 g/mol. The van der Waals surface area contributed by atoms with Crippen molar-refractivity contribution in [3.63, 3.8) is 0 Å². The van der Waals surface area contributed by atoms with Crippen molar-refractivity contribution in [3.05, 3.63) is 18.6 Å². The number of carbonyl (C=O) groups excluding carboxylic acids is 1. The van der Waals surface area contributed by atoms with Gasteiger partial charge in [0.1, 0.15) is 6.33 Å². The number of nitrogens with two attached hydrogens (primary N) is 1. The summed E-state index contributed by atoms with van der Waals surface area (Å²) in [6.07, 6.45) is 3.38. The Bertz CT molecular complexity index is 282. The zero-order valence-corrected chi connectivity index (χ0v) is 8.16. The second kappa shape index (κ2) is 6.30. The van der Waals surface area contributed by atoms with Crippen LogP contribution in [0.2, 0.25) is 0 Å². The molecule has 0 atom stereocenters. The number of hydrazine groups is 1. The van der Waals surface area contributed by atoms with Gasteiger partial charge in [-0.05, 0) is 6.07 Å². The molecule has 0 aliphatic rings. The Morgan fingerprint density at radius 2 is 2.57 bits per heavy atom. The van der Waals surface area contributed by atoms with E-state index in [2.05, 4.69) is 14.8 Å². The summed E-state index contributed by atoms with van der Waals surface area (Å²) in [7, 11) is 0. The highest BCUT2D eigenvalue weighted by molar-refractivity contribution is 7.99. The molecule has 76 valence electrons. The molecular weight excluding hydrogens is 204 g/mol. The van der Waals surface area contributed by atoms with Crippen molar-refractivity contribution in [2.24, 2.45) is 5.84 Å². The van der Waals surface area contributed by atoms with Crippen molar-refractivity contribution >= 4 is 17.7 Å². The van der Waals surface area contributed by atoms with Gasteiger partial charge in [-0.3, -0.25) is 4.79 Å². The van der Waals surface area contributed by atoms with Gasteiger partial charge in [-0.2, -0.15) is 0 Å². The molecule has 3 N–H and O–H groups in total. The molecule has 0 saturated carbocycles. The number of hydrogen-bond acceptors (Lipinski definition) is 7. The summed E-state index contributed by atoms with van der Waals surface area (Å²) in [5.74, 6) is 4.99. The van der Waals surface area contributed by atoms with Crippen LogP contribution in [-0.2, 0) is 9.63 Å². The van der Waals surface area contributed by atoms with Crippen LogP contribution in [0.1, 0.15) is 6.42 Å². The van der Waals surface area contributed by atoms with Gasteiger partial charge < -0.3 is 4.84 Å². The molecule has 0 spiro atoms. The molecule has 14 heavy (non-hydrogen) atoms. The van der Waals surface area contributed by atoms with E-state index in [1.54, 1.807) is 12.3 Å². The molecule has 0 bridgehead atoms. The number of nitrogens with zero attached hydrogens (tertiary/aromatic N) is 2. The van der Waals surface area contributed by atoms with Gasteiger partial charge in [0.05, 0.1) is 11.4 Å². The number of carbonyl (C=O) groups is 1. The molecule has 1 aromatic heterocycles. The summed E-state index contributed by atoms with van der Waals surface area (Å²) in [6.45, 7) is 0. The van der Waals surface area contributed by atoms with Gasteiger partial charge >= 0.3 is 5.97 Å². The molecule has 6 nitrogen and oxygen atoms in total. The molecule has 1 rings (SSSR count). The predicted molar refractivity (Wildman–Crippen MR) is 50.8 cm³/mol. The highest BCUT2D eigenvalue weighted by Crippen LogP contribution is 2.14. The molecule has 0 saturated heterocycles. The lowest BCUT2D eigenvalue weighted by molar-refractivity contribution is -0.150. The summed E-state index contributed by atoms with van der Waals surface area (Å²) in [5.41, 5.74) is 1.83. The first-order chi connectivity index (χ1) is 6.83. The van der Waals surface area contributed by atoms with Gasteiger partial charge in [0, 0.05) is 11.9 Å². The molecule has 0 aromatic carbocycles. The van der Waals surface area contributed by atoms with E-state index in [1.807, 2.05) is 5.59 Å². The van der Waals surface area contributed by atoms with Crippen LogP contribution in [0.3, 0.4) is 0 Å². The number of rotatable bonds is 5. The largest absolute Gasteiger partial charge is 0.356 e. The number of thioether (sulfide) groups is 1. The predicted octanol–water partition coefficient (Wildman–Crippen LogP) is -0.120. The van der Waals surface area contributed by atoms with E-state index < -0.39 is 5.97 Å². The minimum atomic E-state index is -0.394. The normalized spacial score (nSPS) is 9.79. The van der Waals surface area contributed by atoms with Crippen LogP contribution in [0.25, 0.3) is 0 Å². The van der Waals surface area contributed by atoms with Gasteiger partial charge in [-0.25, -0.2) is 15.8 Å². The topological polar surface area (TPSA) is 90.1 Å². The Balaban J connectivity index is 2.19. The maximum atomic E-state index is 10.8. The molecule has 0 amide bonds. The fourth-order valence-electron chi connectivity index (χ4n) is 0.720. The maximum Gasteiger partial charge on any atom is 0.327 e. The zero-order valence-electron chi connectivity index (χ0n) is 7.34. The summed E-state index contributed by atoms with van der Waals surface area (Å²) in [5, 5.41) is 0.827. The number of aromatic nitrogens is 2. The lowest BCUT2D eigenvalue weighted by Gasteiger charge is -2.00. The molecule has 0 radical (unpaired) electrons. The number of nitrogens with one attached hydrogen (secondary N) is 1. The Morgan fingerprint density at radius 1 is 1.71 bits per heavy atom. The molecule has 0 unspecified atom stereocenters. The van der Waals surface area contributed by atoms with E-state index >= 15 is 0 Å². The second-order valence-electron chi connectivity index (χ2n) is 2.24. The van der Waals surface area contributed by atoms with Crippen LogP contribution in [0.4, 0.5) is 0 Å². The van der Waals surface area contributed by atoms with Crippen molar-refractivity contribution < 1.29 is 9.63 Å². The highest BCUT2D eigenvalue weighted by atomic mass is 32.2. The van der Waals surface area contributed by atoms with Crippen molar-refractivity contribution in [1.82, 2.24) is 15.6 Å². The fraction of sp³-hybridized carbons (Fsp3) is 0.286. The summed E-state index contributed by atoms with van der Waals surface area (Å²) in [6, 6.07) is 1.77. The van der Waals surface area contributed by atoms with Gasteiger partial charge in [0.15, 0.2) is 0 Å². The first kappa shape index (κ1) is 10.9. The molecule has 7 heteroatoms. The molecule has 1 heterocycles. The van der Waals surface area contributed by atoms with Gasteiger partial charge in [-0.1, -0.05) is 5.59 Å². The monoisotopic (exact) mass is 214 g/mol. The van der Waals surface area contributed by atoms with E-state index in [4.69, 9.17) is 5.84 Å². The van der Waals surface area contributed by atoms with Crippen molar-refractivity contribution in [2.75, 3.05) is 5.75 Å². The van der Waals surface area contributed by atoms with Crippen LogP contribution >= 0.6 is 11.8 Å². The zero-order chi connectivity index (χ0) is 10.2. The van der Waals surface area contributed by atoms with Crippen LogP contribution in [0, 0.1) is 0 Å². The molecule has 0 aliphatic heterocycles. The molecular formula is C7H10N4O2S. The first-order valence-electron chi connectivity index (χ1n) is 3.87. The van der Waals surface area contributed by atoms with Crippen molar-refractivity contribution in [2.45, 2.75) is 11.4 Å². The van der Waals surface area contributed by atoms with Crippen LogP contribution in [-0.4, -0.2) is 21.7 Å². The van der Waals surface area contributed by atoms with E-state index in [-0.39, 0.29) is 6.42 Å². The van der Waals surface area contributed by atoms with E-state index in [9.17, 15) is 4.79 Å². The average Bonchev–Trinajstić information content (AvgIpc) is 2.20. The molecule has 0 fully saturated rings. The quantitative estimate of drug-likeness (QED) is 0.305. The van der Waals surface area contributed by atoms with Crippen LogP contribution in [0.15, 0.2) is 23.6 Å². The van der Waals surface area contributed by atoms with E-state index in [0.717, 1.165) is 5.03 Å². The fourth-order valence-corrected chi connectivity index (χ4v) is 1.48. The van der Waals surface area contributed by atoms with Crippen LogP contribution in [0.5, 0.6) is 0 Å². The summed E-state index contributed by atoms with van der Waals surface area (Å²) >= 11 is 1.45. The third kappa shape index (κ3) is 4.17. The smallest absolute Gasteiger partial charge is 0.327 e. The Hall–Kier alpha value is -1.18. The van der Waals surface area contributed by atoms with Gasteiger partial charge in [0.2, 0.25) is 0 Å². The minimum absolute atomic E-state index is 0.277. The maximum absolute atomic E-state index is 10.8. The van der Waals surface area contributed by atoms with E-state index in [0.29, 0.717) is 5.75 Å². The number of hydrogen-bond donors (Lipinski definition) is 2. The van der Waals surface area contributed by atoms with Crippen molar-refractivity contribution in [1.29, 1.82) is 0 Å². The highest BCUT2D eigenvalue weighted by Gasteiger charge is 2.02. The Kier molecular flexibility index (Phi) is 4.90. The first-order valence-corrected chi connectivity index (χ1v) is 4.85. The van der Waals surface area contributed by atoms with Crippen LogP contribution < -0.4 is 11.4 Å². The lowest BCUT2D eigenvalue weighted by Crippen LogP contribution is -2.26. The standard InChI is InChI=1S/C7H10N4O2S/c8-11-13-7(12)2-4-14-6-1-3-9-5-10-6/h1,3,5,11H,2,4,8H2. The molecule has 0 aliphatic carbocycles. The summed E-state index contributed by atoms with van der Waals surface area (Å²) < 4.78 is 0. The Labute approximate surface area is 85.2 Å². The lowest BCUT2D eigenvalue weighted by atomic mass is 10.5. The minimum Gasteiger partial charge on any atom is -0.356 e. The van der Waals surface area contributed by atoms with E-state index in [1.165, 1.54) is 18.1 Å². The third-order valence-electron chi connectivity index (χ3n) is 1.28. The molecule has 1 aromatic rings. The third-order valence-corrected chi connectivity index (χ3v) is 2.23. The second-order valence-corrected chi connectivity index (χ2v) is 3.35. The SMILES string of the molecule is NNOC(=O)CCSc1ccncn1. The van der Waals surface area contributed by atoms with Gasteiger partial charge in [0.25, 0.3) is 0 Å². The van der Waals surface area contributed by atoms with Crippen molar-refractivity contribution in [3.8, 4) is 0 Å².